The fraction of sp³-hybridized carbons (Fsp3) is 0.333. The number of nitro groups is 1. The van der Waals surface area contributed by atoms with Gasteiger partial charge in [0.05, 0.1) is 10.7 Å². The number of hydrogen-bond acceptors (Lipinski definition) is 4. The number of rotatable bonds is 4. The third-order valence-electron chi connectivity index (χ3n) is 2.69. The molecule has 1 aromatic carbocycles. The SMILES string of the molecule is CC/C(C)=C(\N)Nc1cc([N+](=O)[O-])ccc1C. The molecule has 0 saturated heterocycles. The summed E-state index contributed by atoms with van der Waals surface area (Å²) in [6, 6.07) is 4.67. The summed E-state index contributed by atoms with van der Waals surface area (Å²) in [4.78, 5) is 10.3. The monoisotopic (exact) mass is 235 g/mol. The Labute approximate surface area is 100 Å². The van der Waals surface area contributed by atoms with Crippen molar-refractivity contribution in [2.75, 3.05) is 5.32 Å². The van der Waals surface area contributed by atoms with Crippen LogP contribution in [-0.2, 0) is 0 Å². The smallest absolute Gasteiger partial charge is 0.271 e. The van der Waals surface area contributed by atoms with E-state index in [1.165, 1.54) is 12.1 Å². The summed E-state index contributed by atoms with van der Waals surface area (Å²) in [5.41, 5.74) is 8.52. The average molecular weight is 235 g/mol. The minimum Gasteiger partial charge on any atom is -0.385 e. The van der Waals surface area contributed by atoms with Crippen LogP contribution in [0, 0.1) is 17.0 Å². The number of allylic oxidation sites excluding steroid dienone is 1. The molecular formula is C12H17N3O2. The van der Waals surface area contributed by atoms with Crippen LogP contribution in [0.15, 0.2) is 29.6 Å². The summed E-state index contributed by atoms with van der Waals surface area (Å²) in [5.74, 6) is 0.552. The summed E-state index contributed by atoms with van der Waals surface area (Å²) in [7, 11) is 0. The lowest BCUT2D eigenvalue weighted by molar-refractivity contribution is -0.384. The first-order chi connectivity index (χ1) is 7.95. The van der Waals surface area contributed by atoms with Crippen molar-refractivity contribution in [3.63, 3.8) is 0 Å². The van der Waals surface area contributed by atoms with Crippen molar-refractivity contribution < 1.29 is 4.92 Å². The Morgan fingerprint density at radius 1 is 1.53 bits per heavy atom. The van der Waals surface area contributed by atoms with Crippen LogP contribution in [-0.4, -0.2) is 4.92 Å². The molecule has 0 atom stereocenters. The van der Waals surface area contributed by atoms with Crippen LogP contribution >= 0.6 is 0 Å². The molecule has 0 aliphatic carbocycles. The van der Waals surface area contributed by atoms with Crippen LogP contribution in [0.4, 0.5) is 11.4 Å². The van der Waals surface area contributed by atoms with Crippen LogP contribution in [0.3, 0.4) is 0 Å². The van der Waals surface area contributed by atoms with Crippen LogP contribution in [0.25, 0.3) is 0 Å². The summed E-state index contributed by atoms with van der Waals surface area (Å²) >= 11 is 0. The molecule has 0 unspecified atom stereocenters. The molecule has 0 aromatic heterocycles. The first-order valence-electron chi connectivity index (χ1n) is 5.43. The van der Waals surface area contributed by atoms with Gasteiger partial charge in [-0.05, 0) is 31.4 Å². The average Bonchev–Trinajstić information content (AvgIpc) is 2.30. The lowest BCUT2D eigenvalue weighted by Crippen LogP contribution is -2.12. The molecular weight excluding hydrogens is 218 g/mol. The van der Waals surface area contributed by atoms with Gasteiger partial charge in [0, 0.05) is 17.8 Å². The van der Waals surface area contributed by atoms with Crippen LogP contribution in [0.5, 0.6) is 0 Å². The van der Waals surface area contributed by atoms with Crippen LogP contribution in [0.1, 0.15) is 25.8 Å². The van der Waals surface area contributed by atoms with Crippen molar-refractivity contribution in [3.8, 4) is 0 Å². The molecule has 0 radical (unpaired) electrons. The molecule has 5 nitrogen and oxygen atoms in total. The van der Waals surface area contributed by atoms with E-state index < -0.39 is 4.92 Å². The third kappa shape index (κ3) is 3.21. The van der Waals surface area contributed by atoms with Gasteiger partial charge in [0.2, 0.25) is 0 Å². The van der Waals surface area contributed by atoms with Crippen LogP contribution < -0.4 is 11.1 Å². The Bertz CT molecular complexity index is 467. The Morgan fingerprint density at radius 3 is 2.71 bits per heavy atom. The molecule has 0 fully saturated rings. The van der Waals surface area contributed by atoms with E-state index >= 15 is 0 Å². The number of nitrogens with zero attached hydrogens (tertiary/aromatic N) is 1. The highest BCUT2D eigenvalue weighted by molar-refractivity contribution is 5.59. The Balaban J connectivity index is 3.06. The van der Waals surface area contributed by atoms with Crippen molar-refractivity contribution in [2.45, 2.75) is 27.2 Å². The molecule has 1 aromatic rings. The topological polar surface area (TPSA) is 81.2 Å². The Kier molecular flexibility index (Phi) is 4.09. The first kappa shape index (κ1) is 13.0. The van der Waals surface area contributed by atoms with Gasteiger partial charge >= 0.3 is 0 Å². The number of nitrogens with one attached hydrogen (secondary N) is 1. The van der Waals surface area contributed by atoms with Crippen molar-refractivity contribution >= 4 is 11.4 Å². The highest BCUT2D eigenvalue weighted by atomic mass is 16.6. The number of benzene rings is 1. The van der Waals surface area contributed by atoms with Gasteiger partial charge in [-0.25, -0.2) is 0 Å². The van der Waals surface area contributed by atoms with Crippen molar-refractivity contribution in [3.05, 3.63) is 45.3 Å². The molecule has 17 heavy (non-hydrogen) atoms. The largest absolute Gasteiger partial charge is 0.385 e. The highest BCUT2D eigenvalue weighted by Crippen LogP contribution is 2.23. The fourth-order valence-corrected chi connectivity index (χ4v) is 1.30. The second kappa shape index (κ2) is 5.34. The minimum atomic E-state index is -0.419. The van der Waals surface area contributed by atoms with E-state index in [1.54, 1.807) is 6.07 Å². The van der Waals surface area contributed by atoms with Crippen molar-refractivity contribution in [2.24, 2.45) is 5.73 Å². The van der Waals surface area contributed by atoms with Crippen LogP contribution in [0.2, 0.25) is 0 Å². The molecule has 0 amide bonds. The number of hydrogen-bond donors (Lipinski definition) is 2. The zero-order valence-corrected chi connectivity index (χ0v) is 10.3. The molecule has 0 heterocycles. The number of nitrogens with two attached hydrogens (primary N) is 1. The van der Waals surface area contributed by atoms with E-state index in [2.05, 4.69) is 5.32 Å². The second-order valence-electron chi connectivity index (χ2n) is 3.93. The molecule has 0 spiro atoms. The molecule has 3 N–H and O–H groups in total. The number of non-ortho nitro benzene ring substituents is 1. The predicted molar refractivity (Wildman–Crippen MR) is 68.6 cm³/mol. The Morgan fingerprint density at radius 2 is 2.18 bits per heavy atom. The summed E-state index contributed by atoms with van der Waals surface area (Å²) in [6.45, 7) is 5.81. The van der Waals surface area contributed by atoms with E-state index in [9.17, 15) is 10.1 Å². The van der Waals surface area contributed by atoms with E-state index in [4.69, 9.17) is 5.73 Å². The highest BCUT2D eigenvalue weighted by Gasteiger charge is 2.09. The predicted octanol–water partition coefficient (Wildman–Crippen LogP) is 2.92. The van der Waals surface area contributed by atoms with Gasteiger partial charge in [-0.15, -0.1) is 0 Å². The van der Waals surface area contributed by atoms with E-state index in [0.29, 0.717) is 11.5 Å². The maximum atomic E-state index is 10.7. The van der Waals surface area contributed by atoms with Gasteiger partial charge in [0.15, 0.2) is 0 Å². The molecule has 92 valence electrons. The Hall–Kier alpha value is -2.04. The van der Waals surface area contributed by atoms with Gasteiger partial charge in [-0.2, -0.15) is 0 Å². The normalized spacial score (nSPS) is 11.9. The van der Waals surface area contributed by atoms with Gasteiger partial charge in [0.25, 0.3) is 5.69 Å². The molecule has 0 bridgehead atoms. The van der Waals surface area contributed by atoms with Gasteiger partial charge < -0.3 is 11.1 Å². The third-order valence-corrected chi connectivity index (χ3v) is 2.69. The van der Waals surface area contributed by atoms with Gasteiger partial charge in [-0.1, -0.05) is 13.0 Å². The van der Waals surface area contributed by atoms with Gasteiger partial charge in [-0.3, -0.25) is 10.1 Å². The number of anilines is 1. The van der Waals surface area contributed by atoms with E-state index in [-0.39, 0.29) is 5.69 Å². The van der Waals surface area contributed by atoms with Gasteiger partial charge in [0.1, 0.15) is 0 Å². The quantitative estimate of drug-likeness (QED) is 0.621. The molecule has 1 rings (SSSR count). The van der Waals surface area contributed by atoms with E-state index in [0.717, 1.165) is 17.6 Å². The van der Waals surface area contributed by atoms with E-state index in [1.807, 2.05) is 20.8 Å². The maximum absolute atomic E-state index is 10.7. The molecule has 0 aliphatic rings. The molecule has 5 heteroatoms. The number of nitro benzene ring substituents is 1. The molecule has 0 saturated carbocycles. The second-order valence-corrected chi connectivity index (χ2v) is 3.93. The lowest BCUT2D eigenvalue weighted by Gasteiger charge is -2.11. The number of aryl methyl sites for hydroxylation is 1. The van der Waals surface area contributed by atoms with Crippen molar-refractivity contribution in [1.29, 1.82) is 0 Å². The first-order valence-corrected chi connectivity index (χ1v) is 5.43. The summed E-state index contributed by atoms with van der Waals surface area (Å²) < 4.78 is 0. The standard InChI is InChI=1S/C12H17N3O2/c1-4-8(2)12(13)14-11-7-10(15(16)17)6-5-9(11)3/h5-7,14H,4,13H2,1-3H3/b12-8+. The lowest BCUT2D eigenvalue weighted by atomic mass is 10.1. The maximum Gasteiger partial charge on any atom is 0.271 e. The zero-order valence-electron chi connectivity index (χ0n) is 10.3. The summed E-state index contributed by atoms with van der Waals surface area (Å²) in [5, 5.41) is 13.7. The minimum absolute atomic E-state index is 0.0556. The van der Waals surface area contributed by atoms with Crippen molar-refractivity contribution in [1.82, 2.24) is 0 Å². The molecule has 0 aliphatic heterocycles. The fourth-order valence-electron chi connectivity index (χ4n) is 1.30. The zero-order chi connectivity index (χ0) is 13.0. The summed E-state index contributed by atoms with van der Waals surface area (Å²) in [6.07, 6.45) is 0.840.